The Labute approximate surface area is 143 Å². The summed E-state index contributed by atoms with van der Waals surface area (Å²) < 4.78 is 10.2. The first kappa shape index (κ1) is 16.9. The minimum atomic E-state index is -0.560. The van der Waals surface area contributed by atoms with Crippen LogP contribution < -0.4 is 4.74 Å². The van der Waals surface area contributed by atoms with E-state index in [1.54, 1.807) is 11.8 Å². The summed E-state index contributed by atoms with van der Waals surface area (Å²) in [6.07, 6.45) is 1.66. The molecular weight excluding hydrogens is 328 g/mol. The molecule has 2 heterocycles. The van der Waals surface area contributed by atoms with E-state index >= 15 is 0 Å². The van der Waals surface area contributed by atoms with E-state index in [0.717, 1.165) is 12.8 Å². The molecule has 1 aromatic carbocycles. The topological polar surface area (TPSA) is 112 Å². The quantitative estimate of drug-likeness (QED) is 0.617. The second kappa shape index (κ2) is 6.88. The molecule has 1 aliphatic heterocycles. The number of ether oxygens (including phenoxy) is 1. The average molecular weight is 346 g/mol. The number of methoxy groups -OCH3 is 1. The Kier molecular flexibility index (Phi) is 4.64. The standard InChI is InChI=1S/C16H18N4O5/c1-10-17-15(25-18-10)12-4-3-7-19(9-12)16(21)11-5-6-14(24-2)13(8-11)20(22)23/h5-6,8,12H,3-4,7,9H2,1-2H3/t12-/m1/s1. The van der Waals surface area contributed by atoms with Crippen molar-refractivity contribution in [1.29, 1.82) is 0 Å². The van der Waals surface area contributed by atoms with Gasteiger partial charge in [-0.3, -0.25) is 14.9 Å². The molecule has 0 N–H and O–H groups in total. The van der Waals surface area contributed by atoms with Crippen LogP contribution in [0.5, 0.6) is 5.75 Å². The van der Waals surface area contributed by atoms with Crippen LogP contribution in [0.1, 0.15) is 40.8 Å². The van der Waals surface area contributed by atoms with E-state index in [0.29, 0.717) is 24.8 Å². The van der Waals surface area contributed by atoms with Crippen LogP contribution >= 0.6 is 0 Å². The van der Waals surface area contributed by atoms with Crippen molar-refractivity contribution < 1.29 is 19.0 Å². The average Bonchev–Trinajstić information content (AvgIpc) is 3.07. The SMILES string of the molecule is COc1ccc(C(=O)N2CCC[C@@H](c3nc(C)no3)C2)cc1[N+](=O)[O-]. The number of carbonyl (C=O) groups excluding carboxylic acids is 1. The highest BCUT2D eigenvalue weighted by Crippen LogP contribution is 2.30. The van der Waals surface area contributed by atoms with Crippen LogP contribution in [0.4, 0.5) is 5.69 Å². The van der Waals surface area contributed by atoms with Crippen molar-refractivity contribution in [2.45, 2.75) is 25.7 Å². The number of amides is 1. The van der Waals surface area contributed by atoms with Crippen LogP contribution in [0.2, 0.25) is 0 Å². The Morgan fingerprint density at radius 1 is 1.48 bits per heavy atom. The smallest absolute Gasteiger partial charge is 0.311 e. The van der Waals surface area contributed by atoms with E-state index in [1.807, 2.05) is 0 Å². The van der Waals surface area contributed by atoms with Gasteiger partial charge in [-0.2, -0.15) is 4.98 Å². The first-order chi connectivity index (χ1) is 12.0. The number of rotatable bonds is 4. The number of nitro benzene ring substituents is 1. The molecule has 0 aliphatic carbocycles. The van der Waals surface area contributed by atoms with Crippen molar-refractivity contribution in [2.24, 2.45) is 0 Å². The lowest BCUT2D eigenvalue weighted by molar-refractivity contribution is -0.385. The fourth-order valence-electron chi connectivity index (χ4n) is 2.99. The predicted octanol–water partition coefficient (Wildman–Crippen LogP) is 2.31. The van der Waals surface area contributed by atoms with Gasteiger partial charge in [0.1, 0.15) is 0 Å². The number of likely N-dealkylation sites (tertiary alicyclic amines) is 1. The van der Waals surface area contributed by atoms with Crippen molar-refractivity contribution in [1.82, 2.24) is 15.0 Å². The van der Waals surface area contributed by atoms with E-state index in [4.69, 9.17) is 9.26 Å². The monoisotopic (exact) mass is 346 g/mol. The molecule has 25 heavy (non-hydrogen) atoms. The fourth-order valence-corrected chi connectivity index (χ4v) is 2.99. The maximum atomic E-state index is 12.8. The zero-order valence-corrected chi connectivity index (χ0v) is 14.0. The molecule has 132 valence electrons. The lowest BCUT2D eigenvalue weighted by atomic mass is 9.97. The highest BCUT2D eigenvalue weighted by Gasteiger charge is 2.29. The molecular formula is C16H18N4O5. The van der Waals surface area contributed by atoms with E-state index in [1.165, 1.54) is 25.3 Å². The van der Waals surface area contributed by atoms with Gasteiger partial charge in [0.2, 0.25) is 5.89 Å². The van der Waals surface area contributed by atoms with Gasteiger partial charge in [-0.25, -0.2) is 0 Å². The largest absolute Gasteiger partial charge is 0.490 e. The summed E-state index contributed by atoms with van der Waals surface area (Å²) in [4.78, 5) is 29.2. The summed E-state index contributed by atoms with van der Waals surface area (Å²) >= 11 is 0. The highest BCUT2D eigenvalue weighted by atomic mass is 16.6. The second-order valence-electron chi connectivity index (χ2n) is 5.91. The molecule has 1 atom stereocenters. The molecule has 0 bridgehead atoms. The van der Waals surface area contributed by atoms with Gasteiger partial charge in [0.25, 0.3) is 5.91 Å². The number of nitro groups is 1. The zero-order chi connectivity index (χ0) is 18.0. The number of aryl methyl sites for hydroxylation is 1. The Morgan fingerprint density at radius 2 is 2.28 bits per heavy atom. The number of carbonyl (C=O) groups is 1. The minimum absolute atomic E-state index is 0.0212. The van der Waals surface area contributed by atoms with Gasteiger partial charge < -0.3 is 14.2 Å². The second-order valence-corrected chi connectivity index (χ2v) is 5.91. The van der Waals surface area contributed by atoms with E-state index < -0.39 is 4.92 Å². The van der Waals surface area contributed by atoms with Crippen molar-refractivity contribution in [2.75, 3.05) is 20.2 Å². The Morgan fingerprint density at radius 3 is 2.92 bits per heavy atom. The number of hydrogen-bond donors (Lipinski definition) is 0. The summed E-state index contributed by atoms with van der Waals surface area (Å²) in [5.41, 5.74) is 0.0318. The summed E-state index contributed by atoms with van der Waals surface area (Å²) in [5, 5.41) is 14.9. The molecule has 2 aromatic rings. The van der Waals surface area contributed by atoms with Gasteiger partial charge in [-0.1, -0.05) is 5.16 Å². The van der Waals surface area contributed by atoms with Crippen LogP contribution in [-0.4, -0.2) is 46.1 Å². The lowest BCUT2D eigenvalue weighted by Crippen LogP contribution is -2.39. The lowest BCUT2D eigenvalue weighted by Gasteiger charge is -2.31. The highest BCUT2D eigenvalue weighted by molar-refractivity contribution is 5.95. The van der Waals surface area contributed by atoms with Crippen molar-refractivity contribution >= 4 is 11.6 Å². The molecule has 0 saturated carbocycles. The third-order valence-corrected chi connectivity index (χ3v) is 4.22. The molecule has 1 aromatic heterocycles. The van der Waals surface area contributed by atoms with Crippen LogP contribution in [0.15, 0.2) is 22.7 Å². The van der Waals surface area contributed by atoms with Crippen molar-refractivity contribution in [3.05, 3.63) is 45.6 Å². The van der Waals surface area contributed by atoms with Crippen LogP contribution in [0, 0.1) is 17.0 Å². The van der Waals surface area contributed by atoms with Gasteiger partial charge in [0.15, 0.2) is 11.6 Å². The first-order valence-electron chi connectivity index (χ1n) is 7.91. The van der Waals surface area contributed by atoms with Gasteiger partial charge in [-0.05, 0) is 31.9 Å². The number of piperidine rings is 1. The number of benzene rings is 1. The molecule has 0 unspecified atom stereocenters. The number of aromatic nitrogens is 2. The third-order valence-electron chi connectivity index (χ3n) is 4.22. The van der Waals surface area contributed by atoms with E-state index in [9.17, 15) is 14.9 Å². The Balaban J connectivity index is 1.80. The molecule has 0 radical (unpaired) electrons. The normalized spacial score (nSPS) is 17.4. The summed E-state index contributed by atoms with van der Waals surface area (Å²) in [6, 6.07) is 4.23. The van der Waals surface area contributed by atoms with Crippen molar-refractivity contribution in [3.8, 4) is 5.75 Å². The van der Waals surface area contributed by atoms with Crippen LogP contribution in [0.3, 0.4) is 0 Å². The predicted molar refractivity (Wildman–Crippen MR) is 86.6 cm³/mol. The van der Waals surface area contributed by atoms with Crippen molar-refractivity contribution in [3.63, 3.8) is 0 Å². The third kappa shape index (κ3) is 3.44. The molecule has 1 saturated heterocycles. The fraction of sp³-hybridized carbons (Fsp3) is 0.438. The summed E-state index contributed by atoms with van der Waals surface area (Å²) in [7, 11) is 1.35. The van der Waals surface area contributed by atoms with E-state index in [2.05, 4.69) is 10.1 Å². The van der Waals surface area contributed by atoms with E-state index in [-0.39, 0.29) is 28.8 Å². The number of nitrogens with zero attached hydrogens (tertiary/aromatic N) is 4. The molecule has 3 rings (SSSR count). The maximum absolute atomic E-state index is 12.8. The molecule has 0 spiro atoms. The van der Waals surface area contributed by atoms with Gasteiger partial charge in [-0.15, -0.1) is 0 Å². The summed E-state index contributed by atoms with van der Waals surface area (Å²) in [6.45, 7) is 2.78. The van der Waals surface area contributed by atoms with Gasteiger partial charge >= 0.3 is 5.69 Å². The molecule has 9 heteroatoms. The number of hydrogen-bond acceptors (Lipinski definition) is 7. The van der Waals surface area contributed by atoms with Crippen LogP contribution in [-0.2, 0) is 0 Å². The van der Waals surface area contributed by atoms with Gasteiger partial charge in [0.05, 0.1) is 18.0 Å². The molecule has 1 fully saturated rings. The molecule has 9 nitrogen and oxygen atoms in total. The van der Waals surface area contributed by atoms with Gasteiger partial charge in [0, 0.05) is 24.7 Å². The Bertz CT molecular complexity index is 804. The molecule has 1 aliphatic rings. The van der Waals surface area contributed by atoms with Crippen LogP contribution in [0.25, 0.3) is 0 Å². The molecule has 1 amide bonds. The first-order valence-corrected chi connectivity index (χ1v) is 7.91. The maximum Gasteiger partial charge on any atom is 0.311 e. The Hall–Kier alpha value is -2.97. The summed E-state index contributed by atoms with van der Waals surface area (Å²) in [5.74, 6) is 0.929. The zero-order valence-electron chi connectivity index (χ0n) is 14.0. The minimum Gasteiger partial charge on any atom is -0.490 e.